The van der Waals surface area contributed by atoms with Gasteiger partial charge >= 0.3 is 5.97 Å². The number of benzene rings is 2. The van der Waals surface area contributed by atoms with Gasteiger partial charge in [0.25, 0.3) is 5.91 Å². The molecule has 0 fully saturated rings. The van der Waals surface area contributed by atoms with Gasteiger partial charge in [0.15, 0.2) is 0 Å². The first-order chi connectivity index (χ1) is 11.9. The van der Waals surface area contributed by atoms with Crippen LogP contribution in [-0.4, -0.2) is 40.2 Å². The van der Waals surface area contributed by atoms with Crippen LogP contribution in [0.3, 0.4) is 0 Å². The second-order valence-electron chi connectivity index (χ2n) is 5.81. The molecule has 0 heterocycles. The Morgan fingerprint density at radius 3 is 2.12 bits per heavy atom. The average Bonchev–Trinajstić information content (AvgIpc) is 2.54. The number of aliphatic carboxylic acids is 1. The van der Waals surface area contributed by atoms with E-state index < -0.39 is 25.5 Å². The zero-order chi connectivity index (χ0) is 18.3. The minimum Gasteiger partial charge on any atom is -0.481 e. The third-order valence-corrected chi connectivity index (χ3v) is 5.36. The molecule has 0 aromatic heterocycles. The Balaban J connectivity index is 2.15. The quantitative estimate of drug-likeness (QED) is 0.627. The summed E-state index contributed by atoms with van der Waals surface area (Å²) in [4.78, 5) is 33.1. The third-order valence-electron chi connectivity index (χ3n) is 3.58. The first kappa shape index (κ1) is 18.9. The highest BCUT2D eigenvalue weighted by atomic mass is 31.2. The number of nitrogens with one attached hydrogen (secondary N) is 1. The lowest BCUT2D eigenvalue weighted by Crippen LogP contribution is -2.39. The molecule has 3 N–H and O–H groups in total. The van der Waals surface area contributed by atoms with Gasteiger partial charge in [-0.25, -0.2) is 0 Å². The number of carbonyl (C=O) groups excluding carboxylic acids is 1. The number of carboxylic acid groups (broad SMARTS) is 1. The van der Waals surface area contributed by atoms with Crippen LogP contribution in [0.4, 0.5) is 0 Å². The van der Waals surface area contributed by atoms with Crippen LogP contribution >= 0.6 is 7.37 Å². The van der Waals surface area contributed by atoms with Gasteiger partial charge in [-0.1, -0.05) is 48.5 Å². The minimum absolute atomic E-state index is 0.299. The van der Waals surface area contributed by atoms with Crippen molar-refractivity contribution < 1.29 is 24.2 Å². The predicted molar refractivity (Wildman–Crippen MR) is 95.0 cm³/mol. The van der Waals surface area contributed by atoms with Crippen molar-refractivity contribution in [1.29, 1.82) is 0 Å². The highest BCUT2D eigenvalue weighted by Crippen LogP contribution is 2.41. The predicted octanol–water partition coefficient (Wildman–Crippen LogP) is 2.38. The van der Waals surface area contributed by atoms with E-state index in [1.54, 1.807) is 30.3 Å². The van der Waals surface area contributed by atoms with Crippen molar-refractivity contribution in [3.8, 4) is 0 Å². The van der Waals surface area contributed by atoms with E-state index in [9.17, 15) is 19.0 Å². The molecule has 0 aliphatic rings. The molecule has 2 unspecified atom stereocenters. The number of hydrogen-bond donors (Lipinski definition) is 3. The van der Waals surface area contributed by atoms with Crippen LogP contribution in [0.25, 0.3) is 0 Å². The largest absolute Gasteiger partial charge is 0.481 e. The molecule has 25 heavy (non-hydrogen) atoms. The Morgan fingerprint density at radius 1 is 1.00 bits per heavy atom. The van der Waals surface area contributed by atoms with Gasteiger partial charge in [-0.2, -0.15) is 0 Å². The lowest BCUT2D eigenvalue weighted by molar-refractivity contribution is -0.134. The summed E-state index contributed by atoms with van der Waals surface area (Å²) < 4.78 is 12.2. The summed E-state index contributed by atoms with van der Waals surface area (Å²) in [5.41, 5.74) is 1.32. The van der Waals surface area contributed by atoms with Crippen LogP contribution in [0.5, 0.6) is 0 Å². The van der Waals surface area contributed by atoms with Gasteiger partial charge in [0.2, 0.25) is 7.37 Å². The van der Waals surface area contributed by atoms with Crippen molar-refractivity contribution in [3.05, 3.63) is 71.8 Å². The van der Waals surface area contributed by atoms with Crippen LogP contribution in [0.15, 0.2) is 60.7 Å². The SMILES string of the molecule is O=C(O)CP(=O)(O)CC(Cc1ccccc1)NC(=O)c1ccccc1. The second kappa shape index (κ2) is 8.60. The Kier molecular flexibility index (Phi) is 6.51. The topological polar surface area (TPSA) is 104 Å². The van der Waals surface area contributed by atoms with Gasteiger partial charge in [-0.05, 0) is 24.1 Å². The molecule has 2 atom stereocenters. The summed E-state index contributed by atoms with van der Waals surface area (Å²) in [6.45, 7) is 0. The minimum atomic E-state index is -3.90. The lowest BCUT2D eigenvalue weighted by atomic mass is 10.1. The standard InChI is InChI=1S/C18H20NO5P/c20-17(21)13-25(23,24)12-16(11-14-7-3-1-4-8-14)19-18(22)15-9-5-2-6-10-15/h1-10,16H,11-13H2,(H,19,22)(H,20,21)(H,23,24). The maximum Gasteiger partial charge on any atom is 0.313 e. The Labute approximate surface area is 146 Å². The summed E-state index contributed by atoms with van der Waals surface area (Å²) in [6, 6.07) is 17.1. The first-order valence-electron chi connectivity index (χ1n) is 7.78. The lowest BCUT2D eigenvalue weighted by Gasteiger charge is -2.21. The summed E-state index contributed by atoms with van der Waals surface area (Å²) in [7, 11) is -3.90. The van der Waals surface area contributed by atoms with E-state index in [2.05, 4.69) is 5.32 Å². The molecule has 0 saturated heterocycles. The molecule has 0 radical (unpaired) electrons. The van der Waals surface area contributed by atoms with Gasteiger partial charge < -0.3 is 15.3 Å². The molecule has 0 aliphatic heterocycles. The van der Waals surface area contributed by atoms with Crippen molar-refractivity contribution in [2.24, 2.45) is 0 Å². The van der Waals surface area contributed by atoms with Crippen LogP contribution < -0.4 is 5.32 Å². The molecule has 2 aromatic rings. The fourth-order valence-electron chi connectivity index (χ4n) is 2.54. The molecule has 0 bridgehead atoms. The normalized spacial score (nSPS) is 14.3. The van der Waals surface area contributed by atoms with E-state index in [0.29, 0.717) is 12.0 Å². The molecular weight excluding hydrogens is 341 g/mol. The van der Waals surface area contributed by atoms with Gasteiger partial charge in [0.1, 0.15) is 6.16 Å². The van der Waals surface area contributed by atoms with Crippen LogP contribution in [0.2, 0.25) is 0 Å². The molecule has 2 aromatic carbocycles. The zero-order valence-corrected chi connectivity index (χ0v) is 14.4. The first-order valence-corrected chi connectivity index (χ1v) is 9.81. The van der Waals surface area contributed by atoms with Crippen LogP contribution in [0, 0.1) is 0 Å². The smallest absolute Gasteiger partial charge is 0.313 e. The molecule has 132 valence electrons. The van der Waals surface area contributed by atoms with E-state index in [1.807, 2.05) is 30.3 Å². The van der Waals surface area contributed by atoms with Crippen molar-refractivity contribution in [2.75, 3.05) is 12.3 Å². The van der Waals surface area contributed by atoms with Crippen molar-refractivity contribution in [1.82, 2.24) is 5.32 Å². The van der Waals surface area contributed by atoms with Gasteiger partial charge in [0.05, 0.1) is 0 Å². The maximum atomic E-state index is 12.4. The second-order valence-corrected chi connectivity index (χ2v) is 8.18. The summed E-state index contributed by atoms with van der Waals surface area (Å²) in [5.74, 6) is -1.70. The van der Waals surface area contributed by atoms with E-state index in [0.717, 1.165) is 5.56 Å². The third kappa shape index (κ3) is 6.53. The van der Waals surface area contributed by atoms with E-state index in [-0.39, 0.29) is 12.1 Å². The van der Waals surface area contributed by atoms with Gasteiger partial charge in [-0.15, -0.1) is 0 Å². The molecule has 0 spiro atoms. The maximum absolute atomic E-state index is 12.4. The Bertz CT molecular complexity index is 764. The number of carboxylic acids is 1. The number of rotatable bonds is 8. The Hall–Kier alpha value is -2.43. The molecule has 0 saturated carbocycles. The molecule has 0 aliphatic carbocycles. The molecular formula is C18H20NO5P. The highest BCUT2D eigenvalue weighted by molar-refractivity contribution is 7.59. The number of carbonyl (C=O) groups is 2. The fourth-order valence-corrected chi connectivity index (χ4v) is 4.00. The van der Waals surface area contributed by atoms with E-state index in [1.165, 1.54) is 0 Å². The van der Waals surface area contributed by atoms with Crippen molar-refractivity contribution in [3.63, 3.8) is 0 Å². The van der Waals surface area contributed by atoms with Crippen molar-refractivity contribution >= 4 is 19.2 Å². The Morgan fingerprint density at radius 2 is 1.56 bits per heavy atom. The highest BCUT2D eigenvalue weighted by Gasteiger charge is 2.28. The average molecular weight is 361 g/mol. The molecule has 6 nitrogen and oxygen atoms in total. The van der Waals surface area contributed by atoms with Gasteiger partial charge in [0, 0.05) is 17.8 Å². The summed E-state index contributed by atoms with van der Waals surface area (Å²) in [6.07, 6.45) is -0.782. The number of hydrogen-bond acceptors (Lipinski definition) is 3. The summed E-state index contributed by atoms with van der Waals surface area (Å²) in [5, 5.41) is 11.5. The van der Waals surface area contributed by atoms with Crippen LogP contribution in [-0.2, 0) is 15.8 Å². The van der Waals surface area contributed by atoms with E-state index in [4.69, 9.17) is 5.11 Å². The monoisotopic (exact) mass is 361 g/mol. The van der Waals surface area contributed by atoms with E-state index >= 15 is 0 Å². The van der Waals surface area contributed by atoms with Crippen molar-refractivity contribution in [2.45, 2.75) is 12.5 Å². The zero-order valence-electron chi connectivity index (χ0n) is 13.5. The molecule has 2 rings (SSSR count). The fraction of sp³-hybridized carbons (Fsp3) is 0.222. The molecule has 7 heteroatoms. The van der Waals surface area contributed by atoms with Crippen LogP contribution in [0.1, 0.15) is 15.9 Å². The number of amides is 1. The molecule has 1 amide bonds. The van der Waals surface area contributed by atoms with Gasteiger partial charge in [-0.3, -0.25) is 14.2 Å². The summed E-state index contributed by atoms with van der Waals surface area (Å²) >= 11 is 0.